The molecule has 2 aromatic rings. The van der Waals surface area contributed by atoms with Crippen LogP contribution in [-0.2, 0) is 6.42 Å². The van der Waals surface area contributed by atoms with Crippen LogP contribution in [0.15, 0.2) is 18.0 Å². The monoisotopic (exact) mass is 203 g/mol. The lowest BCUT2D eigenvalue weighted by Crippen LogP contribution is -2.00. The average Bonchev–Trinajstić information content (AvgIpc) is 2.63. The first-order valence-electron chi connectivity index (χ1n) is 4.75. The van der Waals surface area contributed by atoms with Gasteiger partial charge in [0.05, 0.1) is 6.33 Å². The number of hydrogen-bond acceptors (Lipinski definition) is 4. The van der Waals surface area contributed by atoms with Crippen LogP contribution in [-0.4, -0.2) is 19.9 Å². The second kappa shape index (κ2) is 3.68. The van der Waals surface area contributed by atoms with Crippen molar-refractivity contribution in [2.45, 2.75) is 20.3 Å². The van der Waals surface area contributed by atoms with Gasteiger partial charge in [-0.25, -0.2) is 15.0 Å². The third kappa shape index (κ3) is 1.96. The van der Waals surface area contributed by atoms with Crippen LogP contribution in [0.25, 0.3) is 11.2 Å². The molecule has 0 unspecified atom stereocenters. The maximum absolute atomic E-state index is 5.75. The Morgan fingerprint density at radius 3 is 3.00 bits per heavy atom. The molecule has 0 saturated heterocycles. The largest absolute Gasteiger partial charge is 0.382 e. The molecule has 0 spiro atoms. The minimum atomic E-state index is 0.429. The standard InChI is InChI=1S/C10H13N5/c1-6(2)3-4-7-14-9(11)8-10(15-7)13-5-12-8/h3,5H,4H2,1-2H3,(H3,11,12,13,14,15). The SMILES string of the molecule is CC(C)=CCc1nc(N)c2nc[nH]c2n1. The third-order valence-corrected chi connectivity index (χ3v) is 2.05. The molecule has 0 aliphatic rings. The Labute approximate surface area is 87.5 Å². The summed E-state index contributed by atoms with van der Waals surface area (Å²) < 4.78 is 0. The molecule has 2 aromatic heterocycles. The lowest BCUT2D eigenvalue weighted by Gasteiger charge is -1.99. The van der Waals surface area contributed by atoms with Crippen molar-refractivity contribution in [3.05, 3.63) is 23.8 Å². The molecule has 0 fully saturated rings. The van der Waals surface area contributed by atoms with Gasteiger partial charge in [-0.3, -0.25) is 0 Å². The summed E-state index contributed by atoms with van der Waals surface area (Å²) in [5.74, 6) is 1.14. The Bertz CT molecular complexity index is 508. The van der Waals surface area contributed by atoms with Crippen molar-refractivity contribution >= 4 is 17.0 Å². The van der Waals surface area contributed by atoms with E-state index in [1.165, 1.54) is 5.57 Å². The molecule has 0 saturated carbocycles. The first-order chi connectivity index (χ1) is 7.16. The fourth-order valence-corrected chi connectivity index (χ4v) is 1.29. The average molecular weight is 203 g/mol. The first kappa shape index (κ1) is 9.64. The van der Waals surface area contributed by atoms with Gasteiger partial charge in [-0.2, -0.15) is 0 Å². The minimum Gasteiger partial charge on any atom is -0.382 e. The van der Waals surface area contributed by atoms with Crippen LogP contribution in [0.4, 0.5) is 5.82 Å². The summed E-state index contributed by atoms with van der Waals surface area (Å²) >= 11 is 0. The molecule has 0 radical (unpaired) electrons. The van der Waals surface area contributed by atoms with Gasteiger partial charge in [-0.15, -0.1) is 0 Å². The Kier molecular flexibility index (Phi) is 2.37. The Morgan fingerprint density at radius 2 is 2.27 bits per heavy atom. The molecule has 0 aliphatic heterocycles. The third-order valence-electron chi connectivity index (χ3n) is 2.05. The van der Waals surface area contributed by atoms with Crippen molar-refractivity contribution in [2.75, 3.05) is 5.73 Å². The molecular formula is C10H13N5. The van der Waals surface area contributed by atoms with Gasteiger partial charge in [0.2, 0.25) is 0 Å². The summed E-state index contributed by atoms with van der Waals surface area (Å²) in [6, 6.07) is 0. The van der Waals surface area contributed by atoms with Crippen molar-refractivity contribution in [3.63, 3.8) is 0 Å². The minimum absolute atomic E-state index is 0.429. The molecule has 2 rings (SSSR count). The van der Waals surface area contributed by atoms with Crippen LogP contribution in [0.1, 0.15) is 19.7 Å². The Balaban J connectivity index is 2.41. The zero-order valence-corrected chi connectivity index (χ0v) is 8.78. The molecular weight excluding hydrogens is 190 g/mol. The maximum atomic E-state index is 5.75. The maximum Gasteiger partial charge on any atom is 0.163 e. The summed E-state index contributed by atoms with van der Waals surface area (Å²) in [7, 11) is 0. The molecule has 0 amide bonds. The van der Waals surface area contributed by atoms with E-state index in [2.05, 4.69) is 26.0 Å². The predicted molar refractivity (Wildman–Crippen MR) is 59.2 cm³/mol. The highest BCUT2D eigenvalue weighted by molar-refractivity contribution is 5.80. The van der Waals surface area contributed by atoms with Gasteiger partial charge in [0.15, 0.2) is 11.5 Å². The second-order valence-electron chi connectivity index (χ2n) is 3.61. The number of aromatic amines is 1. The molecule has 0 atom stereocenters. The van der Waals surface area contributed by atoms with Crippen LogP contribution in [0.2, 0.25) is 0 Å². The molecule has 78 valence electrons. The van der Waals surface area contributed by atoms with Crippen LogP contribution >= 0.6 is 0 Å². The molecule has 3 N–H and O–H groups in total. The lowest BCUT2D eigenvalue weighted by atomic mass is 10.2. The number of nitrogens with two attached hydrogens (primary N) is 1. The highest BCUT2D eigenvalue weighted by atomic mass is 15.0. The summed E-state index contributed by atoms with van der Waals surface area (Å²) in [6.45, 7) is 4.08. The summed E-state index contributed by atoms with van der Waals surface area (Å²) in [6.07, 6.45) is 4.33. The summed E-state index contributed by atoms with van der Waals surface area (Å²) in [5.41, 5.74) is 8.32. The number of H-pyrrole nitrogens is 1. The van der Waals surface area contributed by atoms with Gasteiger partial charge >= 0.3 is 0 Å². The van der Waals surface area contributed by atoms with Crippen molar-refractivity contribution in [1.29, 1.82) is 0 Å². The first-order valence-corrected chi connectivity index (χ1v) is 4.75. The number of nitrogens with zero attached hydrogens (tertiary/aromatic N) is 3. The summed E-state index contributed by atoms with van der Waals surface area (Å²) in [5, 5.41) is 0. The number of hydrogen-bond donors (Lipinski definition) is 2. The normalized spacial score (nSPS) is 10.5. The Morgan fingerprint density at radius 1 is 1.47 bits per heavy atom. The van der Waals surface area contributed by atoms with Crippen LogP contribution < -0.4 is 5.73 Å². The highest BCUT2D eigenvalue weighted by Crippen LogP contribution is 2.13. The van der Waals surface area contributed by atoms with E-state index < -0.39 is 0 Å². The highest BCUT2D eigenvalue weighted by Gasteiger charge is 2.05. The number of nitrogen functional groups attached to an aromatic ring is 1. The molecule has 0 aliphatic carbocycles. The number of imidazole rings is 1. The number of aromatic nitrogens is 4. The van der Waals surface area contributed by atoms with E-state index in [1.54, 1.807) is 6.33 Å². The van der Waals surface area contributed by atoms with Gasteiger partial charge < -0.3 is 10.7 Å². The molecule has 5 heteroatoms. The van der Waals surface area contributed by atoms with E-state index in [-0.39, 0.29) is 0 Å². The fraction of sp³-hybridized carbons (Fsp3) is 0.300. The number of anilines is 1. The van der Waals surface area contributed by atoms with Gasteiger partial charge in [-0.1, -0.05) is 11.6 Å². The predicted octanol–water partition coefficient (Wildman–Crippen LogP) is 1.44. The van der Waals surface area contributed by atoms with E-state index in [9.17, 15) is 0 Å². The molecule has 0 aromatic carbocycles. The van der Waals surface area contributed by atoms with E-state index in [4.69, 9.17) is 5.73 Å². The smallest absolute Gasteiger partial charge is 0.163 e. The molecule has 0 bridgehead atoms. The van der Waals surface area contributed by atoms with Crippen molar-refractivity contribution in [3.8, 4) is 0 Å². The van der Waals surface area contributed by atoms with Gasteiger partial charge in [-0.05, 0) is 13.8 Å². The molecule has 15 heavy (non-hydrogen) atoms. The van der Waals surface area contributed by atoms with E-state index in [0.29, 0.717) is 29.2 Å². The number of allylic oxidation sites excluding steroid dienone is 2. The second-order valence-corrected chi connectivity index (χ2v) is 3.61. The van der Waals surface area contributed by atoms with Crippen molar-refractivity contribution < 1.29 is 0 Å². The van der Waals surface area contributed by atoms with E-state index >= 15 is 0 Å². The number of nitrogens with one attached hydrogen (secondary N) is 1. The fourth-order valence-electron chi connectivity index (χ4n) is 1.29. The van der Waals surface area contributed by atoms with Gasteiger partial charge in [0.25, 0.3) is 0 Å². The Hall–Kier alpha value is -1.91. The molecule has 2 heterocycles. The van der Waals surface area contributed by atoms with Gasteiger partial charge in [0, 0.05) is 6.42 Å². The van der Waals surface area contributed by atoms with Crippen LogP contribution in [0.3, 0.4) is 0 Å². The number of rotatable bonds is 2. The van der Waals surface area contributed by atoms with Crippen LogP contribution in [0, 0.1) is 0 Å². The van der Waals surface area contributed by atoms with Crippen molar-refractivity contribution in [2.24, 2.45) is 0 Å². The number of fused-ring (bicyclic) bond motifs is 1. The zero-order valence-electron chi connectivity index (χ0n) is 8.78. The van der Waals surface area contributed by atoms with E-state index in [0.717, 1.165) is 0 Å². The van der Waals surface area contributed by atoms with E-state index in [1.807, 2.05) is 13.8 Å². The topological polar surface area (TPSA) is 80.5 Å². The van der Waals surface area contributed by atoms with Crippen LogP contribution in [0.5, 0.6) is 0 Å². The zero-order chi connectivity index (χ0) is 10.8. The molecule has 5 nitrogen and oxygen atoms in total. The van der Waals surface area contributed by atoms with Gasteiger partial charge in [0.1, 0.15) is 11.3 Å². The lowest BCUT2D eigenvalue weighted by molar-refractivity contribution is 1.01. The van der Waals surface area contributed by atoms with Crippen molar-refractivity contribution in [1.82, 2.24) is 19.9 Å². The quantitative estimate of drug-likeness (QED) is 0.724. The summed E-state index contributed by atoms with van der Waals surface area (Å²) in [4.78, 5) is 15.5.